The van der Waals surface area contributed by atoms with E-state index in [0.717, 1.165) is 6.07 Å². The highest BCUT2D eigenvalue weighted by Gasteiger charge is 2.09. The van der Waals surface area contributed by atoms with Crippen molar-refractivity contribution < 1.29 is 13.9 Å². The average Bonchev–Trinajstić information content (AvgIpc) is 2.18. The maximum absolute atomic E-state index is 13.0. The molecule has 1 N–H and O–H groups in total. The molecule has 0 atom stereocenters. The van der Waals surface area contributed by atoms with Crippen molar-refractivity contribution in [3.8, 4) is 6.07 Å². The fourth-order valence-electron chi connectivity index (χ4n) is 0.903. The smallest absolute Gasteiger partial charge is 0.411 e. The summed E-state index contributed by atoms with van der Waals surface area (Å²) in [5.41, 5.74) is -0.114. The lowest BCUT2D eigenvalue weighted by atomic mass is 10.2. The van der Waals surface area contributed by atoms with Gasteiger partial charge in [-0.1, -0.05) is 6.07 Å². The molecule has 0 radical (unpaired) electrons. The molecule has 0 saturated carbocycles. The fourth-order valence-corrected chi connectivity index (χ4v) is 0.903. The third kappa shape index (κ3) is 1.98. The average molecular weight is 194 g/mol. The number of hydrogen-bond donors (Lipinski definition) is 1. The van der Waals surface area contributed by atoms with E-state index in [0.29, 0.717) is 0 Å². The monoisotopic (exact) mass is 194 g/mol. The van der Waals surface area contributed by atoms with Crippen LogP contribution in [0.25, 0.3) is 0 Å². The Morgan fingerprint density at radius 1 is 1.64 bits per heavy atom. The first kappa shape index (κ1) is 9.99. The van der Waals surface area contributed by atoms with Crippen LogP contribution in [0.15, 0.2) is 18.2 Å². The maximum atomic E-state index is 13.0. The quantitative estimate of drug-likeness (QED) is 0.742. The van der Waals surface area contributed by atoms with Crippen LogP contribution in [-0.4, -0.2) is 13.2 Å². The molecule has 0 unspecified atom stereocenters. The van der Waals surface area contributed by atoms with Gasteiger partial charge < -0.3 is 4.74 Å². The number of nitriles is 1. The maximum Gasteiger partial charge on any atom is 0.411 e. The van der Waals surface area contributed by atoms with Crippen molar-refractivity contribution in [1.29, 1.82) is 5.26 Å². The Morgan fingerprint density at radius 2 is 2.36 bits per heavy atom. The third-order valence-corrected chi connectivity index (χ3v) is 1.55. The second-order valence-corrected chi connectivity index (χ2v) is 2.39. The normalized spacial score (nSPS) is 8.93. The van der Waals surface area contributed by atoms with E-state index in [1.54, 1.807) is 6.07 Å². The lowest BCUT2D eigenvalue weighted by Crippen LogP contribution is -2.12. The molecule has 0 bridgehead atoms. The Bertz CT molecular complexity index is 398. The van der Waals surface area contributed by atoms with Crippen LogP contribution in [-0.2, 0) is 4.74 Å². The van der Waals surface area contributed by atoms with E-state index in [1.807, 2.05) is 0 Å². The molecule has 1 amide bonds. The standard InChI is InChI=1S/C9H7FN2O2/c1-14-9(13)12-8-4-2-3-7(10)6(8)5-11/h2-4H,1H3,(H,12,13). The molecule has 0 spiro atoms. The number of amides is 1. The summed E-state index contributed by atoms with van der Waals surface area (Å²) in [5, 5.41) is 10.8. The van der Waals surface area contributed by atoms with Crippen LogP contribution < -0.4 is 5.32 Å². The zero-order valence-corrected chi connectivity index (χ0v) is 7.37. The van der Waals surface area contributed by atoms with Crippen LogP contribution in [0, 0.1) is 17.1 Å². The van der Waals surface area contributed by atoms with Crippen molar-refractivity contribution in [3.05, 3.63) is 29.6 Å². The molecule has 0 aliphatic carbocycles. The van der Waals surface area contributed by atoms with E-state index in [4.69, 9.17) is 5.26 Å². The lowest BCUT2D eigenvalue weighted by molar-refractivity contribution is 0.187. The molecule has 0 saturated heterocycles. The van der Waals surface area contributed by atoms with Gasteiger partial charge in [0, 0.05) is 0 Å². The van der Waals surface area contributed by atoms with Gasteiger partial charge in [0.2, 0.25) is 0 Å². The van der Waals surface area contributed by atoms with Crippen molar-refractivity contribution in [2.45, 2.75) is 0 Å². The number of halogens is 1. The molecule has 4 nitrogen and oxygen atoms in total. The number of methoxy groups -OCH3 is 1. The van der Waals surface area contributed by atoms with E-state index in [1.165, 1.54) is 19.2 Å². The fraction of sp³-hybridized carbons (Fsp3) is 0.111. The second-order valence-electron chi connectivity index (χ2n) is 2.39. The van der Waals surface area contributed by atoms with E-state index >= 15 is 0 Å². The number of rotatable bonds is 1. The predicted octanol–water partition coefficient (Wildman–Crippen LogP) is 1.88. The molecular weight excluding hydrogens is 187 g/mol. The molecule has 1 rings (SSSR count). The van der Waals surface area contributed by atoms with Gasteiger partial charge in [0.05, 0.1) is 12.8 Å². The highest BCUT2D eigenvalue weighted by atomic mass is 19.1. The Kier molecular flexibility index (Phi) is 3.02. The molecular formula is C9H7FN2O2. The number of hydrogen-bond acceptors (Lipinski definition) is 3. The van der Waals surface area contributed by atoms with Crippen LogP contribution in [0.2, 0.25) is 0 Å². The Hall–Kier alpha value is -2.09. The second kappa shape index (κ2) is 4.23. The minimum Gasteiger partial charge on any atom is -0.453 e. The topological polar surface area (TPSA) is 62.1 Å². The third-order valence-electron chi connectivity index (χ3n) is 1.55. The highest BCUT2D eigenvalue weighted by molar-refractivity contribution is 5.86. The van der Waals surface area contributed by atoms with Gasteiger partial charge in [-0.25, -0.2) is 9.18 Å². The molecule has 1 aromatic carbocycles. The number of benzene rings is 1. The van der Waals surface area contributed by atoms with Gasteiger partial charge in [0.15, 0.2) is 0 Å². The summed E-state index contributed by atoms with van der Waals surface area (Å²) >= 11 is 0. The van der Waals surface area contributed by atoms with Gasteiger partial charge in [0.1, 0.15) is 17.4 Å². The number of carbonyl (C=O) groups is 1. The van der Waals surface area contributed by atoms with E-state index in [-0.39, 0.29) is 11.3 Å². The van der Waals surface area contributed by atoms with Crippen LogP contribution >= 0.6 is 0 Å². The van der Waals surface area contributed by atoms with Gasteiger partial charge in [0.25, 0.3) is 0 Å². The molecule has 0 aliphatic rings. The first-order valence-electron chi connectivity index (χ1n) is 3.72. The predicted molar refractivity (Wildman–Crippen MR) is 47.1 cm³/mol. The number of ether oxygens (including phenoxy) is 1. The Morgan fingerprint density at radius 3 is 2.93 bits per heavy atom. The number of anilines is 1. The van der Waals surface area contributed by atoms with E-state index < -0.39 is 11.9 Å². The number of nitrogens with zero attached hydrogens (tertiary/aromatic N) is 1. The number of carbonyl (C=O) groups excluding carboxylic acids is 1. The highest BCUT2D eigenvalue weighted by Crippen LogP contribution is 2.17. The molecule has 5 heteroatoms. The summed E-state index contributed by atoms with van der Waals surface area (Å²) < 4.78 is 17.3. The van der Waals surface area contributed by atoms with Crippen molar-refractivity contribution in [2.24, 2.45) is 0 Å². The summed E-state index contributed by atoms with van der Waals surface area (Å²) in [6.45, 7) is 0. The first-order valence-corrected chi connectivity index (χ1v) is 3.72. The molecule has 0 fully saturated rings. The van der Waals surface area contributed by atoms with Gasteiger partial charge in [-0.2, -0.15) is 5.26 Å². The molecule has 0 heterocycles. The van der Waals surface area contributed by atoms with Crippen LogP contribution in [0.4, 0.5) is 14.9 Å². The SMILES string of the molecule is COC(=O)Nc1cccc(F)c1C#N. The molecule has 0 aliphatic heterocycles. The molecule has 0 aromatic heterocycles. The zero-order chi connectivity index (χ0) is 10.6. The summed E-state index contributed by atoms with van der Waals surface area (Å²) in [6, 6.07) is 5.59. The first-order chi connectivity index (χ1) is 6.69. The van der Waals surface area contributed by atoms with Gasteiger partial charge in [-0.3, -0.25) is 5.32 Å². The lowest BCUT2D eigenvalue weighted by Gasteiger charge is -2.05. The van der Waals surface area contributed by atoms with Gasteiger partial charge >= 0.3 is 6.09 Å². The minimum atomic E-state index is -0.743. The van der Waals surface area contributed by atoms with Crippen molar-refractivity contribution in [2.75, 3.05) is 12.4 Å². The Balaban J connectivity index is 3.04. The van der Waals surface area contributed by atoms with Crippen molar-refractivity contribution in [3.63, 3.8) is 0 Å². The summed E-state index contributed by atoms with van der Waals surface area (Å²) in [4.78, 5) is 10.8. The molecule has 1 aromatic rings. The van der Waals surface area contributed by atoms with Crippen LogP contribution in [0.1, 0.15) is 5.56 Å². The largest absolute Gasteiger partial charge is 0.453 e. The van der Waals surface area contributed by atoms with Crippen LogP contribution in [0.3, 0.4) is 0 Å². The van der Waals surface area contributed by atoms with Crippen molar-refractivity contribution in [1.82, 2.24) is 0 Å². The molecule has 72 valence electrons. The summed E-state index contributed by atoms with van der Waals surface area (Å²) in [7, 11) is 1.18. The van der Waals surface area contributed by atoms with Gasteiger partial charge in [-0.15, -0.1) is 0 Å². The Labute approximate surface area is 79.9 Å². The van der Waals surface area contributed by atoms with Gasteiger partial charge in [-0.05, 0) is 12.1 Å². The van der Waals surface area contributed by atoms with Crippen molar-refractivity contribution >= 4 is 11.8 Å². The van der Waals surface area contributed by atoms with Crippen LogP contribution in [0.5, 0.6) is 0 Å². The van der Waals surface area contributed by atoms with E-state index in [2.05, 4.69) is 10.1 Å². The minimum absolute atomic E-state index is 0.0966. The van der Waals surface area contributed by atoms with E-state index in [9.17, 15) is 9.18 Å². The molecule has 14 heavy (non-hydrogen) atoms. The zero-order valence-electron chi connectivity index (χ0n) is 7.37. The number of nitrogens with one attached hydrogen (secondary N) is 1. The summed E-state index contributed by atoms with van der Waals surface area (Å²) in [6.07, 6.45) is -0.743. The summed E-state index contributed by atoms with van der Waals surface area (Å²) in [5.74, 6) is -0.679.